The molecular formula is C7H7BrN. The monoisotopic (exact) mass is 184 g/mol. The van der Waals surface area contributed by atoms with Gasteiger partial charge in [0.05, 0.1) is 0 Å². The summed E-state index contributed by atoms with van der Waals surface area (Å²) in [5.74, 6) is 0. The Morgan fingerprint density at radius 2 is 2.11 bits per heavy atom. The molecule has 0 atom stereocenters. The van der Waals surface area contributed by atoms with Crippen LogP contribution in [-0.4, -0.2) is 0 Å². The molecule has 0 spiro atoms. The summed E-state index contributed by atoms with van der Waals surface area (Å²) in [5.41, 5.74) is 7.13. The summed E-state index contributed by atoms with van der Waals surface area (Å²) in [7, 11) is 0. The molecule has 0 aromatic heterocycles. The molecule has 47 valence electrons. The Labute approximate surface area is 63.0 Å². The first-order chi connectivity index (χ1) is 4.20. The van der Waals surface area contributed by atoms with Gasteiger partial charge in [0.15, 0.2) is 0 Å². The quantitative estimate of drug-likeness (QED) is 0.616. The molecule has 1 nitrogen and oxygen atoms in total. The highest BCUT2D eigenvalue weighted by atomic mass is 79.9. The van der Waals surface area contributed by atoms with Crippen molar-refractivity contribution in [1.82, 2.24) is 0 Å². The van der Waals surface area contributed by atoms with Crippen LogP contribution in [-0.2, 0) is 0 Å². The number of anilines is 1. The zero-order chi connectivity index (χ0) is 6.85. The van der Waals surface area contributed by atoms with Crippen LogP contribution in [0.2, 0.25) is 0 Å². The third-order valence-corrected chi connectivity index (χ3v) is 1.60. The van der Waals surface area contributed by atoms with E-state index in [4.69, 9.17) is 5.73 Å². The lowest BCUT2D eigenvalue weighted by Gasteiger charge is -1.97. The summed E-state index contributed by atoms with van der Waals surface area (Å²) < 4.78 is 0.993. The van der Waals surface area contributed by atoms with Crippen molar-refractivity contribution in [1.29, 1.82) is 0 Å². The molecule has 1 radical (unpaired) electrons. The summed E-state index contributed by atoms with van der Waals surface area (Å²) in [6.45, 7) is 3.72. The number of nitrogen functional groups attached to an aromatic ring is 1. The van der Waals surface area contributed by atoms with Crippen LogP contribution < -0.4 is 5.73 Å². The zero-order valence-electron chi connectivity index (χ0n) is 4.89. The van der Waals surface area contributed by atoms with Gasteiger partial charge in [-0.05, 0) is 24.6 Å². The number of halogens is 1. The molecule has 0 fully saturated rings. The van der Waals surface area contributed by atoms with Crippen LogP contribution in [0.4, 0.5) is 5.69 Å². The summed E-state index contributed by atoms with van der Waals surface area (Å²) in [6, 6.07) is 5.63. The minimum absolute atomic E-state index is 0.726. The van der Waals surface area contributed by atoms with E-state index < -0.39 is 0 Å². The number of nitrogens with two attached hydrogens (primary N) is 1. The van der Waals surface area contributed by atoms with Gasteiger partial charge in [-0.15, -0.1) is 0 Å². The van der Waals surface area contributed by atoms with Gasteiger partial charge in [0.1, 0.15) is 0 Å². The zero-order valence-corrected chi connectivity index (χ0v) is 6.48. The highest BCUT2D eigenvalue weighted by Gasteiger charge is 1.91. The lowest BCUT2D eigenvalue weighted by atomic mass is 10.2. The van der Waals surface area contributed by atoms with Gasteiger partial charge in [0, 0.05) is 10.2 Å². The molecule has 1 aromatic rings. The number of hydrogen-bond donors (Lipinski definition) is 1. The summed E-state index contributed by atoms with van der Waals surface area (Å²) in [5, 5.41) is 0. The van der Waals surface area contributed by atoms with Crippen molar-refractivity contribution in [2.75, 3.05) is 5.73 Å². The first-order valence-corrected chi connectivity index (χ1v) is 3.36. The number of benzene rings is 1. The summed E-state index contributed by atoms with van der Waals surface area (Å²) in [4.78, 5) is 0. The van der Waals surface area contributed by atoms with Crippen molar-refractivity contribution in [2.45, 2.75) is 0 Å². The molecular weight excluding hydrogens is 178 g/mol. The van der Waals surface area contributed by atoms with Gasteiger partial charge < -0.3 is 5.73 Å². The maximum absolute atomic E-state index is 5.53. The van der Waals surface area contributed by atoms with Crippen LogP contribution in [0.3, 0.4) is 0 Å². The Balaban J connectivity index is 3.17. The predicted molar refractivity (Wildman–Crippen MR) is 43.0 cm³/mol. The maximum Gasteiger partial charge on any atom is 0.0357 e. The van der Waals surface area contributed by atoms with Gasteiger partial charge in [0.2, 0.25) is 0 Å². The van der Waals surface area contributed by atoms with Gasteiger partial charge >= 0.3 is 0 Å². The maximum atomic E-state index is 5.53. The fourth-order valence-corrected chi connectivity index (χ4v) is 0.945. The second-order valence-electron chi connectivity index (χ2n) is 1.84. The largest absolute Gasteiger partial charge is 0.398 e. The van der Waals surface area contributed by atoms with Crippen LogP contribution >= 0.6 is 15.9 Å². The standard InChI is InChI=1S/C7H7BrN/c1-5-2-3-6(8)4-7(5)9/h2-4H,1,9H2. The van der Waals surface area contributed by atoms with E-state index in [-0.39, 0.29) is 0 Å². The van der Waals surface area contributed by atoms with E-state index in [9.17, 15) is 0 Å². The SMILES string of the molecule is [CH2]c1ccc(Br)cc1N. The third kappa shape index (κ3) is 1.45. The molecule has 0 aliphatic carbocycles. The molecule has 1 aromatic carbocycles. The Bertz CT molecular complexity index is 220. The minimum atomic E-state index is 0.726. The molecule has 0 aliphatic rings. The Kier molecular flexibility index (Phi) is 1.76. The van der Waals surface area contributed by atoms with Crippen molar-refractivity contribution >= 4 is 21.6 Å². The van der Waals surface area contributed by atoms with Crippen LogP contribution in [0.1, 0.15) is 5.56 Å². The number of rotatable bonds is 0. The second-order valence-corrected chi connectivity index (χ2v) is 2.76. The Morgan fingerprint density at radius 1 is 1.44 bits per heavy atom. The molecule has 0 unspecified atom stereocenters. The van der Waals surface area contributed by atoms with Crippen LogP contribution in [0, 0.1) is 6.92 Å². The molecule has 9 heavy (non-hydrogen) atoms. The van der Waals surface area contributed by atoms with Crippen molar-refractivity contribution < 1.29 is 0 Å². The van der Waals surface area contributed by atoms with E-state index in [0.717, 1.165) is 15.7 Å². The number of hydrogen-bond acceptors (Lipinski definition) is 1. The molecule has 0 saturated heterocycles. The Morgan fingerprint density at radius 3 is 2.56 bits per heavy atom. The van der Waals surface area contributed by atoms with E-state index >= 15 is 0 Å². The smallest absolute Gasteiger partial charge is 0.0357 e. The molecule has 0 saturated carbocycles. The lowest BCUT2D eigenvalue weighted by molar-refractivity contribution is 1.57. The van der Waals surface area contributed by atoms with Crippen LogP contribution in [0.25, 0.3) is 0 Å². The predicted octanol–water partition coefficient (Wildman–Crippen LogP) is 2.21. The second kappa shape index (κ2) is 2.40. The van der Waals surface area contributed by atoms with E-state index in [1.54, 1.807) is 0 Å². The van der Waals surface area contributed by atoms with E-state index in [2.05, 4.69) is 22.9 Å². The third-order valence-electron chi connectivity index (χ3n) is 1.11. The average Bonchev–Trinajstić information content (AvgIpc) is 1.80. The van der Waals surface area contributed by atoms with Crippen molar-refractivity contribution in [3.63, 3.8) is 0 Å². The van der Waals surface area contributed by atoms with Crippen LogP contribution in [0.15, 0.2) is 22.7 Å². The van der Waals surface area contributed by atoms with Gasteiger partial charge in [0.25, 0.3) is 0 Å². The lowest BCUT2D eigenvalue weighted by Crippen LogP contribution is -1.87. The Hall–Kier alpha value is -0.500. The summed E-state index contributed by atoms with van der Waals surface area (Å²) >= 11 is 3.29. The average molecular weight is 185 g/mol. The molecule has 0 aliphatic heterocycles. The topological polar surface area (TPSA) is 26.0 Å². The van der Waals surface area contributed by atoms with Gasteiger partial charge in [-0.3, -0.25) is 0 Å². The highest BCUT2D eigenvalue weighted by Crippen LogP contribution is 2.16. The van der Waals surface area contributed by atoms with E-state index in [1.165, 1.54) is 0 Å². The fraction of sp³-hybridized carbons (Fsp3) is 0. The minimum Gasteiger partial charge on any atom is -0.398 e. The van der Waals surface area contributed by atoms with Crippen molar-refractivity contribution in [2.24, 2.45) is 0 Å². The molecule has 0 heterocycles. The van der Waals surface area contributed by atoms with Gasteiger partial charge in [-0.1, -0.05) is 22.0 Å². The van der Waals surface area contributed by atoms with Gasteiger partial charge in [-0.25, -0.2) is 0 Å². The molecule has 0 amide bonds. The molecule has 0 bridgehead atoms. The summed E-state index contributed by atoms with van der Waals surface area (Å²) in [6.07, 6.45) is 0. The molecule has 2 heteroatoms. The highest BCUT2D eigenvalue weighted by molar-refractivity contribution is 9.10. The first-order valence-electron chi connectivity index (χ1n) is 2.57. The van der Waals surface area contributed by atoms with Crippen LogP contribution in [0.5, 0.6) is 0 Å². The normalized spacial score (nSPS) is 9.56. The van der Waals surface area contributed by atoms with E-state index in [0.29, 0.717) is 0 Å². The molecule has 2 N–H and O–H groups in total. The van der Waals surface area contributed by atoms with E-state index in [1.807, 2.05) is 18.2 Å². The van der Waals surface area contributed by atoms with Gasteiger partial charge in [-0.2, -0.15) is 0 Å². The van der Waals surface area contributed by atoms with Crippen molar-refractivity contribution in [3.8, 4) is 0 Å². The first kappa shape index (κ1) is 6.62. The fourth-order valence-electron chi connectivity index (χ4n) is 0.566. The van der Waals surface area contributed by atoms with Crippen molar-refractivity contribution in [3.05, 3.63) is 35.2 Å². The molecule has 1 rings (SSSR count).